The van der Waals surface area contributed by atoms with Crippen LogP contribution in [0.3, 0.4) is 0 Å². The van der Waals surface area contributed by atoms with Crippen LogP contribution >= 0.6 is 11.5 Å². The van der Waals surface area contributed by atoms with Crippen LogP contribution in [0.15, 0.2) is 0 Å². The fourth-order valence-electron chi connectivity index (χ4n) is 1.46. The minimum absolute atomic E-state index is 0.0804. The average Bonchev–Trinajstić information content (AvgIpc) is 2.48. The molecule has 1 amide bonds. The maximum atomic E-state index is 11.6. The Morgan fingerprint density at radius 3 is 2.93 bits per heavy atom. The number of nitrogens with one attached hydrogen (secondary N) is 1. The molecule has 1 aliphatic carbocycles. The van der Waals surface area contributed by atoms with Crippen LogP contribution in [-0.2, 0) is 0 Å². The number of hydrogen-bond donors (Lipinski definition) is 1. The van der Waals surface area contributed by atoms with Gasteiger partial charge in [0.25, 0.3) is 5.91 Å². The quantitative estimate of drug-likeness (QED) is 0.821. The largest absolute Gasteiger partial charge is 0.350 e. The van der Waals surface area contributed by atoms with E-state index in [0.717, 1.165) is 11.4 Å². The lowest BCUT2D eigenvalue weighted by molar-refractivity contribution is 0.0933. The molecule has 0 bridgehead atoms. The number of aryl methyl sites for hydroxylation is 1. The van der Waals surface area contributed by atoms with E-state index in [0.29, 0.717) is 11.6 Å². The summed E-state index contributed by atoms with van der Waals surface area (Å²) in [5, 5.41) is 6.69. The first kappa shape index (κ1) is 9.58. The predicted octanol–water partition coefficient (Wildman–Crippen LogP) is 1.38. The molecule has 0 aliphatic heterocycles. The maximum Gasteiger partial charge on any atom is 0.273 e. The molecule has 1 aromatic heterocycles. The van der Waals surface area contributed by atoms with Crippen molar-refractivity contribution in [2.75, 3.05) is 6.54 Å². The Bertz CT molecular complexity index is 333. The summed E-state index contributed by atoms with van der Waals surface area (Å²) in [6.07, 6.45) is 3.79. The average molecular weight is 211 g/mol. The van der Waals surface area contributed by atoms with Crippen molar-refractivity contribution in [3.05, 3.63) is 10.6 Å². The highest BCUT2D eigenvalue weighted by atomic mass is 32.1. The Kier molecular flexibility index (Phi) is 2.77. The van der Waals surface area contributed by atoms with E-state index in [2.05, 4.69) is 14.9 Å². The number of amides is 1. The number of rotatable bonds is 3. The van der Waals surface area contributed by atoms with E-state index in [1.165, 1.54) is 30.8 Å². The molecule has 1 fully saturated rings. The molecule has 5 heteroatoms. The minimum atomic E-state index is -0.0804. The third kappa shape index (κ3) is 1.92. The Balaban J connectivity index is 1.86. The summed E-state index contributed by atoms with van der Waals surface area (Å²) in [6, 6.07) is 0. The predicted molar refractivity (Wildman–Crippen MR) is 54.3 cm³/mol. The molecule has 1 heterocycles. The zero-order chi connectivity index (χ0) is 9.97. The van der Waals surface area contributed by atoms with Gasteiger partial charge in [0.2, 0.25) is 0 Å². The molecule has 1 saturated carbocycles. The van der Waals surface area contributed by atoms with Crippen LogP contribution in [0.4, 0.5) is 0 Å². The van der Waals surface area contributed by atoms with Gasteiger partial charge >= 0.3 is 0 Å². The molecule has 76 valence electrons. The highest BCUT2D eigenvalue weighted by molar-refractivity contribution is 7.05. The third-order valence-electron chi connectivity index (χ3n) is 2.64. The molecule has 2 rings (SSSR count). The Morgan fingerprint density at radius 1 is 1.64 bits per heavy atom. The highest BCUT2D eigenvalue weighted by Crippen LogP contribution is 2.25. The van der Waals surface area contributed by atoms with Crippen LogP contribution in [0.2, 0.25) is 0 Å². The highest BCUT2D eigenvalue weighted by Gasteiger charge is 2.19. The van der Waals surface area contributed by atoms with Crippen molar-refractivity contribution < 1.29 is 4.79 Å². The first-order valence-corrected chi connectivity index (χ1v) is 5.62. The van der Waals surface area contributed by atoms with Crippen molar-refractivity contribution in [1.82, 2.24) is 14.9 Å². The molecule has 1 N–H and O–H groups in total. The number of hydrogen-bond acceptors (Lipinski definition) is 4. The van der Waals surface area contributed by atoms with Crippen molar-refractivity contribution >= 4 is 17.4 Å². The fraction of sp³-hybridized carbons (Fsp3) is 0.667. The van der Waals surface area contributed by atoms with Crippen LogP contribution in [0, 0.1) is 12.8 Å². The molecule has 4 nitrogen and oxygen atoms in total. The minimum Gasteiger partial charge on any atom is -0.350 e. The summed E-state index contributed by atoms with van der Waals surface area (Å²) >= 11 is 1.26. The molecule has 1 aliphatic rings. The summed E-state index contributed by atoms with van der Waals surface area (Å²) in [4.78, 5) is 12.4. The zero-order valence-corrected chi connectivity index (χ0v) is 8.93. The lowest BCUT2D eigenvalue weighted by Gasteiger charge is -2.25. The summed E-state index contributed by atoms with van der Waals surface area (Å²) in [6.45, 7) is 2.65. The maximum absolute atomic E-state index is 11.6. The van der Waals surface area contributed by atoms with Gasteiger partial charge in [-0.2, -0.15) is 0 Å². The van der Waals surface area contributed by atoms with Gasteiger partial charge in [0.1, 0.15) is 0 Å². The molecular weight excluding hydrogens is 198 g/mol. The summed E-state index contributed by atoms with van der Waals surface area (Å²) in [7, 11) is 0. The molecule has 0 unspecified atom stereocenters. The number of nitrogens with zero attached hydrogens (tertiary/aromatic N) is 2. The van der Waals surface area contributed by atoms with Crippen LogP contribution in [0.1, 0.15) is 34.6 Å². The second kappa shape index (κ2) is 4.04. The van der Waals surface area contributed by atoms with Gasteiger partial charge in [0.15, 0.2) is 5.69 Å². The van der Waals surface area contributed by atoms with Gasteiger partial charge in [-0.1, -0.05) is 10.9 Å². The van der Waals surface area contributed by atoms with E-state index in [1.54, 1.807) is 0 Å². The van der Waals surface area contributed by atoms with Crippen molar-refractivity contribution in [3.63, 3.8) is 0 Å². The van der Waals surface area contributed by atoms with Gasteiger partial charge in [-0.3, -0.25) is 4.79 Å². The van der Waals surface area contributed by atoms with Gasteiger partial charge in [-0.25, -0.2) is 0 Å². The van der Waals surface area contributed by atoms with Gasteiger partial charge < -0.3 is 5.32 Å². The standard InChI is InChI=1S/C9H13N3OS/c1-6-8(11-12-14-6)9(13)10-5-7-3-2-4-7/h7H,2-5H2,1H3,(H,10,13). The molecular formula is C9H13N3OS. The van der Waals surface area contributed by atoms with Crippen molar-refractivity contribution in [2.24, 2.45) is 5.92 Å². The lowest BCUT2D eigenvalue weighted by atomic mass is 9.85. The molecule has 0 aromatic carbocycles. The number of aromatic nitrogens is 2. The summed E-state index contributed by atoms with van der Waals surface area (Å²) < 4.78 is 3.73. The van der Waals surface area contributed by atoms with Crippen LogP contribution < -0.4 is 5.32 Å². The Labute approximate surface area is 86.9 Å². The molecule has 0 radical (unpaired) electrons. The van der Waals surface area contributed by atoms with Crippen LogP contribution in [0.5, 0.6) is 0 Å². The van der Waals surface area contributed by atoms with Gasteiger partial charge in [-0.05, 0) is 37.2 Å². The summed E-state index contributed by atoms with van der Waals surface area (Å²) in [5.74, 6) is 0.606. The Hall–Kier alpha value is -0.970. The fourth-order valence-corrected chi connectivity index (χ4v) is 1.92. The van der Waals surface area contributed by atoms with E-state index in [1.807, 2.05) is 6.92 Å². The first-order valence-electron chi connectivity index (χ1n) is 4.84. The SMILES string of the molecule is Cc1snnc1C(=O)NCC1CCC1. The normalized spacial score (nSPS) is 16.4. The second-order valence-electron chi connectivity index (χ2n) is 3.68. The van der Waals surface area contributed by atoms with Crippen molar-refractivity contribution in [3.8, 4) is 0 Å². The van der Waals surface area contributed by atoms with E-state index in [4.69, 9.17) is 0 Å². The molecule has 0 saturated heterocycles. The van der Waals surface area contributed by atoms with E-state index in [-0.39, 0.29) is 5.91 Å². The van der Waals surface area contributed by atoms with Crippen molar-refractivity contribution in [2.45, 2.75) is 26.2 Å². The van der Waals surface area contributed by atoms with E-state index in [9.17, 15) is 4.79 Å². The monoisotopic (exact) mass is 211 g/mol. The first-order chi connectivity index (χ1) is 6.77. The van der Waals surface area contributed by atoms with Crippen molar-refractivity contribution in [1.29, 1.82) is 0 Å². The number of carbonyl (C=O) groups is 1. The molecule has 0 atom stereocenters. The molecule has 1 aromatic rings. The summed E-state index contributed by atoms with van der Waals surface area (Å²) in [5.41, 5.74) is 0.481. The molecule has 0 spiro atoms. The molecule has 14 heavy (non-hydrogen) atoms. The van der Waals surface area contributed by atoms with Crippen LogP contribution in [0.25, 0.3) is 0 Å². The van der Waals surface area contributed by atoms with Gasteiger partial charge in [0, 0.05) is 6.54 Å². The third-order valence-corrected chi connectivity index (χ3v) is 3.27. The zero-order valence-electron chi connectivity index (χ0n) is 8.12. The van der Waals surface area contributed by atoms with E-state index < -0.39 is 0 Å². The second-order valence-corrected chi connectivity index (χ2v) is 4.64. The van der Waals surface area contributed by atoms with Gasteiger partial charge in [0.05, 0.1) is 4.88 Å². The lowest BCUT2D eigenvalue weighted by Crippen LogP contribution is -2.32. The Morgan fingerprint density at radius 2 is 2.43 bits per heavy atom. The smallest absolute Gasteiger partial charge is 0.273 e. The van der Waals surface area contributed by atoms with E-state index >= 15 is 0 Å². The van der Waals surface area contributed by atoms with Gasteiger partial charge in [-0.15, -0.1) is 5.10 Å². The number of carbonyl (C=O) groups excluding carboxylic acids is 1. The van der Waals surface area contributed by atoms with Crippen LogP contribution in [-0.4, -0.2) is 22.0 Å². The topological polar surface area (TPSA) is 54.9 Å².